The van der Waals surface area contributed by atoms with Gasteiger partial charge < -0.3 is 10.6 Å². The van der Waals surface area contributed by atoms with Gasteiger partial charge in [-0.05, 0) is 67.9 Å². The van der Waals surface area contributed by atoms with Crippen LogP contribution in [0.1, 0.15) is 66.7 Å². The Morgan fingerprint density at radius 2 is 1.52 bits per heavy atom. The number of hydrogen-bond donors (Lipinski definition) is 2. The minimum absolute atomic E-state index is 0.285. The molecule has 0 radical (unpaired) electrons. The average Bonchev–Trinajstić information content (AvgIpc) is 2.37. The lowest BCUT2D eigenvalue weighted by molar-refractivity contribution is 0.0989. The monoisotopic (exact) mass is 326 g/mol. The molecule has 0 aromatic carbocycles. The molecular weight excluding hydrogens is 287 g/mol. The van der Waals surface area contributed by atoms with E-state index >= 15 is 0 Å². The Balaban J connectivity index is 1.53. The molecular formula is C20H39FN2. The quantitative estimate of drug-likeness (QED) is 0.656. The molecule has 0 aromatic rings. The van der Waals surface area contributed by atoms with Gasteiger partial charge in [-0.1, -0.05) is 34.6 Å². The standard InChI is InChI=1S/C20H39FN2/c1-19(2,3)13-22-11-16-8-15(9-16)10-20(4,5)14-23-12-17-6-7-18(17)21/h15-18,22-23H,6-14H2,1-5H3. The van der Waals surface area contributed by atoms with Gasteiger partial charge in [0.2, 0.25) is 0 Å². The summed E-state index contributed by atoms with van der Waals surface area (Å²) in [5, 5.41) is 7.15. The topological polar surface area (TPSA) is 24.1 Å². The van der Waals surface area contributed by atoms with E-state index in [-0.39, 0.29) is 5.92 Å². The van der Waals surface area contributed by atoms with Crippen molar-refractivity contribution in [3.05, 3.63) is 0 Å². The second-order valence-electron chi connectivity index (χ2n) is 10.2. The number of halogens is 1. The first kappa shape index (κ1) is 19.2. The molecule has 2 fully saturated rings. The van der Waals surface area contributed by atoms with Crippen LogP contribution in [-0.4, -0.2) is 32.4 Å². The fourth-order valence-electron chi connectivity index (χ4n) is 4.07. The second kappa shape index (κ2) is 7.82. The number of hydrogen-bond acceptors (Lipinski definition) is 2. The summed E-state index contributed by atoms with van der Waals surface area (Å²) < 4.78 is 13.2. The molecule has 2 aliphatic carbocycles. The first-order chi connectivity index (χ1) is 10.6. The van der Waals surface area contributed by atoms with Crippen molar-refractivity contribution in [3.63, 3.8) is 0 Å². The smallest absolute Gasteiger partial charge is 0.104 e. The third-order valence-corrected chi connectivity index (χ3v) is 5.60. The van der Waals surface area contributed by atoms with Crippen molar-refractivity contribution in [1.29, 1.82) is 0 Å². The first-order valence-corrected chi connectivity index (χ1v) is 9.70. The van der Waals surface area contributed by atoms with Crippen molar-refractivity contribution in [1.82, 2.24) is 10.6 Å². The molecule has 23 heavy (non-hydrogen) atoms. The van der Waals surface area contributed by atoms with Gasteiger partial charge in [0.05, 0.1) is 0 Å². The van der Waals surface area contributed by atoms with Crippen LogP contribution in [0.3, 0.4) is 0 Å². The number of rotatable bonds is 9. The Labute approximate surface area is 143 Å². The molecule has 2 saturated carbocycles. The van der Waals surface area contributed by atoms with E-state index in [1.807, 2.05) is 0 Å². The highest BCUT2D eigenvalue weighted by Crippen LogP contribution is 2.41. The van der Waals surface area contributed by atoms with Gasteiger partial charge in [-0.3, -0.25) is 0 Å². The maximum Gasteiger partial charge on any atom is 0.104 e. The van der Waals surface area contributed by atoms with Gasteiger partial charge in [0.25, 0.3) is 0 Å². The fraction of sp³-hybridized carbons (Fsp3) is 1.00. The summed E-state index contributed by atoms with van der Waals surface area (Å²) in [5.74, 6) is 2.06. The van der Waals surface area contributed by atoms with Crippen molar-refractivity contribution in [3.8, 4) is 0 Å². The van der Waals surface area contributed by atoms with Crippen molar-refractivity contribution in [2.45, 2.75) is 72.9 Å². The molecule has 3 heteroatoms. The molecule has 2 unspecified atom stereocenters. The fourth-order valence-corrected chi connectivity index (χ4v) is 4.07. The highest BCUT2D eigenvalue weighted by Gasteiger charge is 2.34. The van der Waals surface area contributed by atoms with Crippen LogP contribution in [0.15, 0.2) is 0 Å². The zero-order valence-electron chi connectivity index (χ0n) is 16.1. The van der Waals surface area contributed by atoms with Crippen molar-refractivity contribution < 1.29 is 4.39 Å². The predicted molar refractivity (Wildman–Crippen MR) is 97.4 cm³/mol. The van der Waals surface area contributed by atoms with Crippen molar-refractivity contribution in [2.75, 3.05) is 26.2 Å². The van der Waals surface area contributed by atoms with E-state index < -0.39 is 6.17 Å². The molecule has 0 spiro atoms. The summed E-state index contributed by atoms with van der Waals surface area (Å²) in [6.07, 6.45) is 5.38. The van der Waals surface area contributed by atoms with Crippen molar-refractivity contribution >= 4 is 0 Å². The summed E-state index contributed by atoms with van der Waals surface area (Å²) in [6.45, 7) is 15.8. The van der Waals surface area contributed by atoms with Crippen LogP contribution in [0.2, 0.25) is 0 Å². The molecule has 2 rings (SSSR count). The minimum Gasteiger partial charge on any atom is -0.316 e. The number of alkyl halides is 1. The average molecular weight is 327 g/mol. The maximum absolute atomic E-state index is 13.2. The van der Waals surface area contributed by atoms with Gasteiger partial charge >= 0.3 is 0 Å². The number of nitrogens with one attached hydrogen (secondary N) is 2. The van der Waals surface area contributed by atoms with Crippen LogP contribution in [0.4, 0.5) is 4.39 Å². The normalized spacial score (nSPS) is 31.6. The zero-order valence-corrected chi connectivity index (χ0v) is 16.1. The van der Waals surface area contributed by atoms with Crippen LogP contribution < -0.4 is 10.6 Å². The SMILES string of the molecule is CC(C)(C)CNCC1CC(CC(C)(C)CNCC2CCC2F)C1. The summed E-state index contributed by atoms with van der Waals surface area (Å²) in [4.78, 5) is 0. The molecule has 0 aliphatic heterocycles. The lowest BCUT2D eigenvalue weighted by Gasteiger charge is -2.41. The minimum atomic E-state index is -0.543. The summed E-state index contributed by atoms with van der Waals surface area (Å²) in [6, 6.07) is 0. The lowest BCUT2D eigenvalue weighted by atomic mass is 9.67. The Bertz CT molecular complexity index is 355. The van der Waals surface area contributed by atoms with E-state index in [1.165, 1.54) is 25.8 Å². The zero-order chi connectivity index (χ0) is 17.1. The molecule has 0 amide bonds. The van der Waals surface area contributed by atoms with E-state index in [0.29, 0.717) is 10.8 Å². The third kappa shape index (κ3) is 6.70. The molecule has 2 nitrogen and oxygen atoms in total. The van der Waals surface area contributed by atoms with Gasteiger partial charge in [-0.2, -0.15) is 0 Å². The molecule has 2 N–H and O–H groups in total. The summed E-state index contributed by atoms with van der Waals surface area (Å²) in [7, 11) is 0. The highest BCUT2D eigenvalue weighted by molar-refractivity contribution is 4.87. The van der Waals surface area contributed by atoms with Crippen LogP contribution in [0, 0.1) is 28.6 Å². The third-order valence-electron chi connectivity index (χ3n) is 5.60. The van der Waals surface area contributed by atoms with Gasteiger partial charge in [0.15, 0.2) is 0 Å². The second-order valence-corrected chi connectivity index (χ2v) is 10.2. The van der Waals surface area contributed by atoms with Crippen LogP contribution in [0.25, 0.3) is 0 Å². The molecule has 0 heterocycles. The van der Waals surface area contributed by atoms with E-state index in [4.69, 9.17) is 0 Å². The van der Waals surface area contributed by atoms with Crippen LogP contribution in [-0.2, 0) is 0 Å². The van der Waals surface area contributed by atoms with Crippen LogP contribution in [0.5, 0.6) is 0 Å². The molecule has 0 saturated heterocycles. The van der Waals surface area contributed by atoms with Crippen molar-refractivity contribution in [2.24, 2.45) is 28.6 Å². The predicted octanol–water partition coefficient (Wildman–Crippen LogP) is 4.40. The lowest BCUT2D eigenvalue weighted by Crippen LogP contribution is -2.42. The Morgan fingerprint density at radius 1 is 0.870 bits per heavy atom. The summed E-state index contributed by atoms with van der Waals surface area (Å²) >= 11 is 0. The molecule has 2 aliphatic rings. The van der Waals surface area contributed by atoms with Gasteiger partial charge in [0.1, 0.15) is 6.17 Å². The molecule has 0 aromatic heterocycles. The van der Waals surface area contributed by atoms with Gasteiger partial charge in [-0.15, -0.1) is 0 Å². The largest absolute Gasteiger partial charge is 0.316 e. The van der Waals surface area contributed by atoms with E-state index in [9.17, 15) is 4.39 Å². The maximum atomic E-state index is 13.2. The molecule has 2 atom stereocenters. The summed E-state index contributed by atoms with van der Waals surface area (Å²) in [5.41, 5.74) is 0.722. The Morgan fingerprint density at radius 3 is 2.04 bits per heavy atom. The highest BCUT2D eigenvalue weighted by atomic mass is 19.1. The van der Waals surface area contributed by atoms with E-state index in [2.05, 4.69) is 45.3 Å². The molecule has 136 valence electrons. The first-order valence-electron chi connectivity index (χ1n) is 9.70. The van der Waals surface area contributed by atoms with E-state index in [0.717, 1.165) is 44.3 Å². The van der Waals surface area contributed by atoms with Gasteiger partial charge in [-0.25, -0.2) is 4.39 Å². The van der Waals surface area contributed by atoms with Crippen LogP contribution >= 0.6 is 0 Å². The molecule has 0 bridgehead atoms. The Kier molecular flexibility index (Phi) is 6.52. The van der Waals surface area contributed by atoms with E-state index in [1.54, 1.807) is 0 Å². The van der Waals surface area contributed by atoms with Gasteiger partial charge in [0, 0.05) is 19.0 Å². The Hall–Kier alpha value is -0.150.